The second-order valence-electron chi connectivity index (χ2n) is 6.71. The van der Waals surface area contributed by atoms with Crippen LogP contribution in [-0.4, -0.2) is 25.6 Å². The number of aryl methyl sites for hydroxylation is 1. The number of aromatic nitrogens is 1. The molecule has 1 aliphatic heterocycles. The summed E-state index contributed by atoms with van der Waals surface area (Å²) in [5, 5.41) is 3.33. The van der Waals surface area contributed by atoms with Crippen molar-refractivity contribution in [3.8, 4) is 11.1 Å². The number of carbonyl (C=O) groups is 1. The predicted octanol–water partition coefficient (Wildman–Crippen LogP) is 4.54. The number of benzene rings is 2. The molecule has 0 saturated carbocycles. The fourth-order valence-electron chi connectivity index (χ4n) is 3.54. The summed E-state index contributed by atoms with van der Waals surface area (Å²) >= 11 is 6.10. The molecule has 0 unspecified atom stereocenters. The first-order valence-electron chi connectivity index (χ1n) is 8.56. The van der Waals surface area contributed by atoms with E-state index in [0.717, 1.165) is 5.56 Å². The van der Waals surface area contributed by atoms with Gasteiger partial charge in [0.25, 0.3) is 5.91 Å². The van der Waals surface area contributed by atoms with Crippen LogP contribution in [0, 0.1) is 6.92 Å². The Balaban J connectivity index is 1.99. The van der Waals surface area contributed by atoms with E-state index in [-0.39, 0.29) is 10.8 Å². The van der Waals surface area contributed by atoms with Crippen molar-refractivity contribution in [2.24, 2.45) is 0 Å². The van der Waals surface area contributed by atoms with Crippen molar-refractivity contribution in [2.75, 3.05) is 11.6 Å². The molecule has 2 N–H and O–H groups in total. The van der Waals surface area contributed by atoms with E-state index in [1.54, 1.807) is 31.2 Å². The molecule has 28 heavy (non-hydrogen) atoms. The topological polar surface area (TPSA) is 79.0 Å². The summed E-state index contributed by atoms with van der Waals surface area (Å²) in [6, 6.07) is 14.4. The quantitative estimate of drug-likeness (QED) is 0.620. The third-order valence-corrected chi connectivity index (χ3v) is 6.13. The lowest BCUT2D eigenvalue weighted by Crippen LogP contribution is -2.03. The molecule has 0 aliphatic carbocycles. The number of fused-ring (bicyclic) bond motifs is 1. The molecule has 0 spiro atoms. The first kappa shape index (κ1) is 18.5. The molecule has 0 radical (unpaired) electrons. The molecule has 2 heterocycles. The van der Waals surface area contributed by atoms with E-state index in [2.05, 4.69) is 10.3 Å². The van der Waals surface area contributed by atoms with Gasteiger partial charge in [0.05, 0.1) is 10.5 Å². The highest BCUT2D eigenvalue weighted by Gasteiger charge is 2.27. The third kappa shape index (κ3) is 3.15. The fourth-order valence-corrected chi connectivity index (χ4v) is 4.92. The van der Waals surface area contributed by atoms with Crippen molar-refractivity contribution >= 4 is 44.7 Å². The number of carbonyl (C=O) groups excluding carboxylic acids is 1. The maximum atomic E-state index is 12.5. The first-order valence-corrected chi connectivity index (χ1v) is 10.8. The zero-order chi connectivity index (χ0) is 20.1. The Morgan fingerprint density at radius 3 is 2.46 bits per heavy atom. The van der Waals surface area contributed by atoms with Gasteiger partial charge in [-0.3, -0.25) is 4.79 Å². The largest absolute Gasteiger partial charge is 0.357 e. The number of aromatic amines is 1. The molecule has 0 bridgehead atoms. The lowest BCUT2D eigenvalue weighted by molar-refractivity contribution is -0.110. The van der Waals surface area contributed by atoms with Crippen LogP contribution in [0.5, 0.6) is 0 Å². The van der Waals surface area contributed by atoms with E-state index in [4.69, 9.17) is 11.6 Å². The van der Waals surface area contributed by atoms with Gasteiger partial charge < -0.3 is 10.3 Å². The summed E-state index contributed by atoms with van der Waals surface area (Å²) in [5.41, 5.74) is 4.18. The van der Waals surface area contributed by atoms with Crippen molar-refractivity contribution in [2.45, 2.75) is 11.8 Å². The lowest BCUT2D eigenvalue weighted by atomic mass is 10.0. The average molecular weight is 413 g/mol. The second kappa shape index (κ2) is 6.65. The summed E-state index contributed by atoms with van der Waals surface area (Å²) in [6.07, 6.45) is 2.87. The SMILES string of the molecule is Cc1[nH]c(C=C2C(=O)Nc3ccc(Cl)cc32)c(-c2ccccc2)c1S(C)(=O)=O. The molecular formula is C21H17ClN2O3S. The average Bonchev–Trinajstić information content (AvgIpc) is 3.13. The second-order valence-corrected chi connectivity index (χ2v) is 9.10. The minimum absolute atomic E-state index is 0.232. The van der Waals surface area contributed by atoms with Crippen LogP contribution in [0.25, 0.3) is 22.8 Å². The minimum Gasteiger partial charge on any atom is -0.357 e. The molecule has 1 aromatic heterocycles. The molecule has 4 rings (SSSR count). The molecule has 1 amide bonds. The van der Waals surface area contributed by atoms with Crippen molar-refractivity contribution in [3.63, 3.8) is 0 Å². The van der Waals surface area contributed by atoms with Crippen molar-refractivity contribution < 1.29 is 13.2 Å². The lowest BCUT2D eigenvalue weighted by Gasteiger charge is -2.06. The van der Waals surface area contributed by atoms with Crippen molar-refractivity contribution in [1.29, 1.82) is 0 Å². The number of nitrogens with one attached hydrogen (secondary N) is 2. The molecule has 142 valence electrons. The van der Waals surface area contributed by atoms with Crippen LogP contribution < -0.4 is 5.32 Å². The smallest absolute Gasteiger partial charge is 0.256 e. The van der Waals surface area contributed by atoms with Gasteiger partial charge in [-0.05, 0) is 36.8 Å². The number of anilines is 1. The standard InChI is InChI=1S/C21H17ClN2O3S/c1-12-20(28(2,26)27)19(13-6-4-3-5-7-13)18(23-12)11-16-15-10-14(22)8-9-17(15)24-21(16)25/h3-11,23H,1-2H3,(H,24,25). The number of amides is 1. The molecule has 3 aromatic rings. The Bertz CT molecular complexity index is 1240. The molecule has 0 atom stereocenters. The van der Waals surface area contributed by atoms with E-state index in [0.29, 0.717) is 38.8 Å². The fraction of sp³-hybridized carbons (Fsp3) is 0.0952. The zero-order valence-corrected chi connectivity index (χ0v) is 16.8. The third-order valence-electron chi connectivity index (χ3n) is 4.65. The summed E-state index contributed by atoms with van der Waals surface area (Å²) in [6.45, 7) is 1.71. The summed E-state index contributed by atoms with van der Waals surface area (Å²) in [7, 11) is -3.49. The molecule has 2 aromatic carbocycles. The number of halogens is 1. The van der Waals surface area contributed by atoms with E-state index < -0.39 is 9.84 Å². The van der Waals surface area contributed by atoms with Gasteiger partial charge >= 0.3 is 0 Å². The number of H-pyrrole nitrogens is 1. The summed E-state index contributed by atoms with van der Waals surface area (Å²) < 4.78 is 24.9. The van der Waals surface area contributed by atoms with Crippen LogP contribution in [0.2, 0.25) is 5.02 Å². The molecule has 5 nitrogen and oxygen atoms in total. The van der Waals surface area contributed by atoms with E-state index in [1.165, 1.54) is 6.26 Å². The van der Waals surface area contributed by atoms with Gasteiger partial charge in [-0.1, -0.05) is 41.9 Å². The molecule has 0 fully saturated rings. The number of hydrogen-bond acceptors (Lipinski definition) is 3. The summed E-state index contributed by atoms with van der Waals surface area (Å²) in [5.74, 6) is -0.260. The van der Waals surface area contributed by atoms with Crippen LogP contribution in [-0.2, 0) is 14.6 Å². The summed E-state index contributed by atoms with van der Waals surface area (Å²) in [4.78, 5) is 15.9. The highest BCUT2D eigenvalue weighted by atomic mass is 35.5. The minimum atomic E-state index is -3.49. The molecule has 0 saturated heterocycles. The molecular weight excluding hydrogens is 396 g/mol. The Hall–Kier alpha value is -2.83. The molecule has 7 heteroatoms. The van der Waals surface area contributed by atoms with Crippen LogP contribution >= 0.6 is 11.6 Å². The van der Waals surface area contributed by atoms with Gasteiger partial charge in [0.15, 0.2) is 9.84 Å². The Labute approximate surface area is 168 Å². The van der Waals surface area contributed by atoms with Gasteiger partial charge in [-0.25, -0.2) is 8.42 Å². The monoisotopic (exact) mass is 412 g/mol. The van der Waals surface area contributed by atoms with Crippen LogP contribution in [0.4, 0.5) is 5.69 Å². The van der Waals surface area contributed by atoms with Crippen LogP contribution in [0.3, 0.4) is 0 Å². The van der Waals surface area contributed by atoms with Crippen LogP contribution in [0.15, 0.2) is 53.4 Å². The van der Waals surface area contributed by atoms with Gasteiger partial charge in [-0.15, -0.1) is 0 Å². The first-order chi connectivity index (χ1) is 13.3. The van der Waals surface area contributed by atoms with Crippen molar-refractivity contribution in [1.82, 2.24) is 4.98 Å². The van der Waals surface area contributed by atoms with Gasteiger partial charge in [0.2, 0.25) is 0 Å². The Morgan fingerprint density at radius 2 is 1.79 bits per heavy atom. The maximum Gasteiger partial charge on any atom is 0.256 e. The highest BCUT2D eigenvalue weighted by Crippen LogP contribution is 2.39. The van der Waals surface area contributed by atoms with Gasteiger partial charge in [0, 0.05) is 39.5 Å². The number of rotatable bonds is 3. The number of sulfone groups is 1. The Kier molecular flexibility index (Phi) is 4.40. The Morgan fingerprint density at radius 1 is 1.07 bits per heavy atom. The highest BCUT2D eigenvalue weighted by molar-refractivity contribution is 7.91. The van der Waals surface area contributed by atoms with E-state index in [1.807, 2.05) is 30.3 Å². The zero-order valence-electron chi connectivity index (χ0n) is 15.2. The van der Waals surface area contributed by atoms with Gasteiger partial charge in [0.1, 0.15) is 0 Å². The maximum absolute atomic E-state index is 12.5. The predicted molar refractivity (Wildman–Crippen MR) is 112 cm³/mol. The number of hydrogen-bond donors (Lipinski definition) is 2. The van der Waals surface area contributed by atoms with Crippen LogP contribution in [0.1, 0.15) is 17.0 Å². The van der Waals surface area contributed by atoms with E-state index in [9.17, 15) is 13.2 Å². The van der Waals surface area contributed by atoms with Crippen molar-refractivity contribution in [3.05, 3.63) is 70.5 Å². The van der Waals surface area contributed by atoms with E-state index >= 15 is 0 Å². The van der Waals surface area contributed by atoms with Gasteiger partial charge in [-0.2, -0.15) is 0 Å². The molecule has 1 aliphatic rings. The normalized spacial score (nSPS) is 15.0.